The summed E-state index contributed by atoms with van der Waals surface area (Å²) in [5.41, 5.74) is 3.50. The minimum Gasteiger partial charge on any atom is -0.369 e. The minimum atomic E-state index is 0.609. The van der Waals surface area contributed by atoms with E-state index in [9.17, 15) is 0 Å². The van der Waals surface area contributed by atoms with Gasteiger partial charge in [-0.3, -0.25) is 0 Å². The normalized spacial score (nSPS) is 18.0. The average Bonchev–Trinajstić information content (AvgIpc) is 3.16. The number of rotatable bonds is 2. The van der Waals surface area contributed by atoms with E-state index in [0.29, 0.717) is 16.0 Å². The first-order chi connectivity index (χ1) is 10.2. The summed E-state index contributed by atoms with van der Waals surface area (Å²) in [6, 6.07) is 5.52. The van der Waals surface area contributed by atoms with E-state index >= 15 is 0 Å². The maximum atomic E-state index is 6.35. The van der Waals surface area contributed by atoms with Crippen LogP contribution in [0, 0.1) is 0 Å². The second-order valence-corrected chi connectivity index (χ2v) is 6.72. The molecule has 0 atom stereocenters. The van der Waals surface area contributed by atoms with Crippen LogP contribution in [0.4, 0.5) is 5.82 Å². The van der Waals surface area contributed by atoms with Crippen LogP contribution >= 0.6 is 23.2 Å². The van der Waals surface area contributed by atoms with Gasteiger partial charge in [-0.05, 0) is 37.5 Å². The summed E-state index contributed by atoms with van der Waals surface area (Å²) in [5, 5.41) is 9.71. The Morgan fingerprint density at radius 3 is 2.81 bits per heavy atom. The molecule has 2 heterocycles. The molecule has 5 heteroatoms. The topological polar surface area (TPSA) is 29.9 Å². The van der Waals surface area contributed by atoms with E-state index in [2.05, 4.69) is 5.32 Å². The molecule has 1 aromatic carbocycles. The van der Waals surface area contributed by atoms with Gasteiger partial charge in [0.25, 0.3) is 0 Å². The van der Waals surface area contributed by atoms with Crippen LogP contribution in [0.3, 0.4) is 0 Å². The number of nitrogens with one attached hydrogen (secondary N) is 1. The van der Waals surface area contributed by atoms with Crippen LogP contribution in [0.1, 0.15) is 42.9 Å². The SMILES string of the molecule is Clc1ccc(Cl)c(-n2nc(C3CCCC3)c3c2NCC3)c1. The zero-order valence-corrected chi connectivity index (χ0v) is 13.2. The summed E-state index contributed by atoms with van der Waals surface area (Å²) in [6.45, 7) is 0.977. The monoisotopic (exact) mass is 321 g/mol. The molecule has 1 N–H and O–H groups in total. The number of aromatic nitrogens is 2. The molecule has 0 amide bonds. The van der Waals surface area contributed by atoms with Crippen LogP contribution in [0.15, 0.2) is 18.2 Å². The molecule has 1 fully saturated rings. The zero-order chi connectivity index (χ0) is 14.4. The molecule has 3 nitrogen and oxygen atoms in total. The first-order valence-corrected chi connectivity index (χ1v) is 8.31. The zero-order valence-electron chi connectivity index (χ0n) is 11.7. The summed E-state index contributed by atoms with van der Waals surface area (Å²) in [5.74, 6) is 1.71. The summed E-state index contributed by atoms with van der Waals surface area (Å²) in [4.78, 5) is 0. The van der Waals surface area contributed by atoms with Crippen molar-refractivity contribution in [1.29, 1.82) is 0 Å². The van der Waals surface area contributed by atoms with Crippen molar-refractivity contribution in [3.63, 3.8) is 0 Å². The maximum absolute atomic E-state index is 6.35. The summed E-state index contributed by atoms with van der Waals surface area (Å²) in [6.07, 6.45) is 6.20. The van der Waals surface area contributed by atoms with Gasteiger partial charge in [0.1, 0.15) is 5.82 Å². The standard InChI is InChI=1S/C16H17Cl2N3/c17-11-5-6-13(18)14(9-11)21-16-12(7-8-19-16)15(20-21)10-3-1-2-4-10/h5-6,9-10,19H,1-4,7-8H2. The van der Waals surface area contributed by atoms with Gasteiger partial charge >= 0.3 is 0 Å². The smallest absolute Gasteiger partial charge is 0.133 e. The molecule has 4 rings (SSSR count). The van der Waals surface area contributed by atoms with E-state index in [1.807, 2.05) is 22.9 Å². The highest BCUT2D eigenvalue weighted by molar-refractivity contribution is 6.34. The van der Waals surface area contributed by atoms with E-state index in [4.69, 9.17) is 28.3 Å². The van der Waals surface area contributed by atoms with E-state index in [0.717, 1.165) is 24.5 Å². The van der Waals surface area contributed by atoms with Crippen molar-refractivity contribution in [2.45, 2.75) is 38.0 Å². The molecule has 110 valence electrons. The predicted octanol–water partition coefficient (Wildman–Crippen LogP) is 4.80. The molecular formula is C16H17Cl2N3. The van der Waals surface area contributed by atoms with Gasteiger partial charge < -0.3 is 5.32 Å². The van der Waals surface area contributed by atoms with Gasteiger partial charge in [-0.2, -0.15) is 5.10 Å². The Labute approximate surface area is 134 Å². The lowest BCUT2D eigenvalue weighted by Crippen LogP contribution is -2.06. The molecule has 0 radical (unpaired) electrons. The fraction of sp³-hybridized carbons (Fsp3) is 0.438. The van der Waals surface area contributed by atoms with Crippen LogP contribution in [0.5, 0.6) is 0 Å². The molecule has 0 spiro atoms. The van der Waals surface area contributed by atoms with Crippen LogP contribution < -0.4 is 5.32 Å². The molecule has 0 bridgehead atoms. The number of nitrogens with zero attached hydrogens (tertiary/aromatic N) is 2. The second-order valence-electron chi connectivity index (χ2n) is 5.88. The van der Waals surface area contributed by atoms with Crippen LogP contribution in [0.25, 0.3) is 5.69 Å². The second kappa shape index (κ2) is 5.22. The molecule has 0 saturated heterocycles. The fourth-order valence-electron chi connectivity index (χ4n) is 3.55. The Kier molecular flexibility index (Phi) is 3.35. The molecule has 1 aliphatic heterocycles. The quantitative estimate of drug-likeness (QED) is 0.860. The fourth-order valence-corrected chi connectivity index (χ4v) is 3.91. The third kappa shape index (κ3) is 2.23. The Bertz CT molecular complexity index is 687. The molecule has 1 aromatic heterocycles. The van der Waals surface area contributed by atoms with E-state index < -0.39 is 0 Å². The molecule has 2 aromatic rings. The van der Waals surface area contributed by atoms with Gasteiger partial charge in [0.2, 0.25) is 0 Å². The Morgan fingerprint density at radius 1 is 1.19 bits per heavy atom. The third-order valence-electron chi connectivity index (χ3n) is 4.56. The van der Waals surface area contributed by atoms with Crippen molar-refractivity contribution in [2.75, 3.05) is 11.9 Å². The van der Waals surface area contributed by atoms with Gasteiger partial charge in [-0.25, -0.2) is 4.68 Å². The van der Waals surface area contributed by atoms with Crippen molar-refractivity contribution in [2.24, 2.45) is 0 Å². The minimum absolute atomic E-state index is 0.609. The van der Waals surface area contributed by atoms with Crippen LogP contribution in [-0.4, -0.2) is 16.3 Å². The molecule has 0 unspecified atom stereocenters. The maximum Gasteiger partial charge on any atom is 0.133 e. The third-order valence-corrected chi connectivity index (χ3v) is 5.11. The number of anilines is 1. The largest absolute Gasteiger partial charge is 0.369 e. The predicted molar refractivity (Wildman–Crippen MR) is 87.0 cm³/mol. The number of hydrogen-bond donors (Lipinski definition) is 1. The van der Waals surface area contributed by atoms with E-state index in [1.165, 1.54) is 36.9 Å². The van der Waals surface area contributed by atoms with Gasteiger partial charge in [0.15, 0.2) is 0 Å². The average molecular weight is 322 g/mol. The molecule has 1 aliphatic carbocycles. The van der Waals surface area contributed by atoms with Crippen molar-refractivity contribution in [3.05, 3.63) is 39.5 Å². The Balaban J connectivity index is 1.86. The lowest BCUT2D eigenvalue weighted by molar-refractivity contribution is 0.670. The first kappa shape index (κ1) is 13.5. The Hall–Kier alpha value is -1.19. The van der Waals surface area contributed by atoms with Gasteiger partial charge in [-0.15, -0.1) is 0 Å². The van der Waals surface area contributed by atoms with Crippen molar-refractivity contribution in [1.82, 2.24) is 9.78 Å². The first-order valence-electron chi connectivity index (χ1n) is 7.55. The van der Waals surface area contributed by atoms with E-state index in [-0.39, 0.29) is 0 Å². The van der Waals surface area contributed by atoms with E-state index in [1.54, 1.807) is 0 Å². The lowest BCUT2D eigenvalue weighted by Gasteiger charge is -2.09. The lowest BCUT2D eigenvalue weighted by atomic mass is 9.99. The molecule has 2 aliphatic rings. The van der Waals surface area contributed by atoms with Gasteiger partial charge in [-0.1, -0.05) is 36.0 Å². The van der Waals surface area contributed by atoms with Gasteiger partial charge in [0, 0.05) is 23.0 Å². The number of fused-ring (bicyclic) bond motifs is 1. The van der Waals surface area contributed by atoms with Crippen molar-refractivity contribution < 1.29 is 0 Å². The highest BCUT2D eigenvalue weighted by Crippen LogP contribution is 2.40. The summed E-state index contributed by atoms with van der Waals surface area (Å²) >= 11 is 12.5. The number of hydrogen-bond acceptors (Lipinski definition) is 2. The Morgan fingerprint density at radius 2 is 2.00 bits per heavy atom. The molecule has 21 heavy (non-hydrogen) atoms. The van der Waals surface area contributed by atoms with Crippen molar-refractivity contribution in [3.8, 4) is 5.69 Å². The highest BCUT2D eigenvalue weighted by atomic mass is 35.5. The van der Waals surface area contributed by atoms with Crippen molar-refractivity contribution >= 4 is 29.0 Å². The number of halogens is 2. The molecular weight excluding hydrogens is 305 g/mol. The summed E-state index contributed by atoms with van der Waals surface area (Å²) < 4.78 is 1.95. The number of benzene rings is 1. The van der Waals surface area contributed by atoms with Gasteiger partial charge in [0.05, 0.1) is 16.4 Å². The van der Waals surface area contributed by atoms with Crippen LogP contribution in [-0.2, 0) is 6.42 Å². The highest BCUT2D eigenvalue weighted by Gasteiger charge is 2.29. The van der Waals surface area contributed by atoms with Crippen LogP contribution in [0.2, 0.25) is 10.0 Å². The molecule has 1 saturated carbocycles. The summed E-state index contributed by atoms with van der Waals surface area (Å²) in [7, 11) is 0.